The maximum Gasteiger partial charge on any atom is 0.310 e. The predicted octanol–water partition coefficient (Wildman–Crippen LogP) is 2.35. The quantitative estimate of drug-likeness (QED) is 0.473. The number of aliphatic hydroxyl groups excluding tert-OH is 2. The van der Waals surface area contributed by atoms with Crippen LogP contribution < -0.4 is 5.32 Å². The fourth-order valence-corrected chi connectivity index (χ4v) is 6.52. The van der Waals surface area contributed by atoms with Gasteiger partial charge in [-0.2, -0.15) is 0 Å². The lowest BCUT2D eigenvalue weighted by atomic mass is 9.55. The summed E-state index contributed by atoms with van der Waals surface area (Å²) in [6.07, 6.45) is 3.51. The molecule has 0 saturated carbocycles. The van der Waals surface area contributed by atoms with Crippen LogP contribution in [0.1, 0.15) is 53.9 Å². The SMILES string of the molecule is CC1=CC[C@H](O)[C@H](O)C[C@@H]2C(=O)O[C@@]34C(=O)N[C@@H](CC(C)C)[C@@H]3[C@H](C)C(C)=C[C@@H]4[C@@H]12. The smallest absolute Gasteiger partial charge is 0.310 e. The summed E-state index contributed by atoms with van der Waals surface area (Å²) >= 11 is 0. The summed E-state index contributed by atoms with van der Waals surface area (Å²) in [5, 5.41) is 23.8. The van der Waals surface area contributed by atoms with Gasteiger partial charge in [0.2, 0.25) is 5.60 Å². The topological polar surface area (TPSA) is 95.9 Å². The van der Waals surface area contributed by atoms with Crippen molar-refractivity contribution in [3.05, 3.63) is 23.3 Å². The molecule has 3 N–H and O–H groups in total. The number of fused-ring (bicyclic) bond motifs is 2. The molecular formula is C24H35NO5. The molecular weight excluding hydrogens is 382 g/mol. The van der Waals surface area contributed by atoms with E-state index in [1.807, 2.05) is 13.0 Å². The molecule has 2 aliphatic carbocycles. The fourth-order valence-electron chi connectivity index (χ4n) is 6.52. The molecule has 2 aliphatic heterocycles. The molecule has 2 saturated heterocycles. The largest absolute Gasteiger partial charge is 0.448 e. The Morgan fingerprint density at radius 3 is 2.57 bits per heavy atom. The van der Waals surface area contributed by atoms with Crippen molar-refractivity contribution < 1.29 is 24.5 Å². The highest BCUT2D eigenvalue weighted by Gasteiger charge is 2.69. The van der Waals surface area contributed by atoms with Crippen LogP contribution in [0.2, 0.25) is 0 Å². The highest BCUT2D eigenvalue weighted by Crippen LogP contribution is 2.57. The van der Waals surface area contributed by atoms with Gasteiger partial charge in [0.1, 0.15) is 0 Å². The first-order chi connectivity index (χ1) is 14.1. The minimum absolute atomic E-state index is 0.0340. The van der Waals surface area contributed by atoms with E-state index in [1.54, 1.807) is 0 Å². The van der Waals surface area contributed by atoms with Crippen molar-refractivity contribution in [1.29, 1.82) is 0 Å². The number of esters is 1. The Hall–Kier alpha value is -1.66. The summed E-state index contributed by atoms with van der Waals surface area (Å²) in [6.45, 7) is 10.5. The summed E-state index contributed by atoms with van der Waals surface area (Å²) < 4.78 is 6.13. The van der Waals surface area contributed by atoms with Gasteiger partial charge < -0.3 is 20.3 Å². The number of amides is 1. The number of aliphatic hydroxyl groups is 2. The number of rotatable bonds is 2. The standard InChI is InChI=1S/C24H35NO5/c1-11(2)8-17-21-14(5)13(4)9-16-20-12(3)6-7-18(26)19(27)10-15(20)22(28)30-24(16,21)23(29)25-17/h6,9,11,14-21,26-27H,7-8,10H2,1-5H3,(H,25,29)/t14-,15+,16-,17+,18+,19-,20+,21+,24-/m1/s1. The van der Waals surface area contributed by atoms with Crippen molar-refractivity contribution in [3.63, 3.8) is 0 Å². The van der Waals surface area contributed by atoms with Crippen molar-refractivity contribution in [1.82, 2.24) is 5.32 Å². The summed E-state index contributed by atoms with van der Waals surface area (Å²) in [7, 11) is 0. The number of carbonyl (C=O) groups is 2. The zero-order valence-corrected chi connectivity index (χ0v) is 18.6. The minimum Gasteiger partial charge on any atom is -0.448 e. The summed E-state index contributed by atoms with van der Waals surface area (Å²) in [4.78, 5) is 26.8. The molecule has 0 aromatic rings. The minimum atomic E-state index is -1.20. The summed E-state index contributed by atoms with van der Waals surface area (Å²) in [5.41, 5.74) is 1.01. The monoisotopic (exact) mass is 417 g/mol. The average Bonchev–Trinajstić information content (AvgIpc) is 2.92. The molecule has 166 valence electrons. The van der Waals surface area contributed by atoms with Crippen molar-refractivity contribution in [2.75, 3.05) is 0 Å². The number of hydrogen-bond acceptors (Lipinski definition) is 5. The van der Waals surface area contributed by atoms with Crippen molar-refractivity contribution in [2.45, 2.75) is 77.7 Å². The lowest BCUT2D eigenvalue weighted by Crippen LogP contribution is -2.64. The molecule has 1 amide bonds. The Morgan fingerprint density at radius 2 is 1.90 bits per heavy atom. The van der Waals surface area contributed by atoms with E-state index in [2.05, 4.69) is 39.1 Å². The van der Waals surface area contributed by atoms with Crippen LogP contribution in [0.4, 0.5) is 0 Å². The second kappa shape index (κ2) is 7.49. The lowest BCUT2D eigenvalue weighted by molar-refractivity contribution is -0.203. The second-order valence-electron chi connectivity index (χ2n) is 10.4. The normalized spacial score (nSPS) is 45.9. The van der Waals surface area contributed by atoms with Crippen molar-refractivity contribution in [3.8, 4) is 0 Å². The predicted molar refractivity (Wildman–Crippen MR) is 112 cm³/mol. The average molecular weight is 418 g/mol. The van der Waals surface area contributed by atoms with Gasteiger partial charge in [0.15, 0.2) is 0 Å². The number of allylic oxidation sites excluding steroid dienone is 2. The van der Waals surface area contributed by atoms with Crippen LogP contribution in [0.25, 0.3) is 0 Å². The van der Waals surface area contributed by atoms with Gasteiger partial charge in [-0.25, -0.2) is 0 Å². The first-order valence-corrected chi connectivity index (χ1v) is 11.3. The molecule has 30 heavy (non-hydrogen) atoms. The Balaban J connectivity index is 1.85. The third kappa shape index (κ3) is 3.06. The van der Waals surface area contributed by atoms with Crippen LogP contribution in [0.5, 0.6) is 0 Å². The Bertz CT molecular complexity index is 801. The van der Waals surface area contributed by atoms with E-state index >= 15 is 0 Å². The van der Waals surface area contributed by atoms with Gasteiger partial charge in [0.25, 0.3) is 5.91 Å². The highest BCUT2D eigenvalue weighted by molar-refractivity contribution is 5.94. The number of carbonyl (C=O) groups excluding carboxylic acids is 2. The zero-order valence-electron chi connectivity index (χ0n) is 18.6. The molecule has 0 unspecified atom stereocenters. The molecule has 6 heteroatoms. The van der Waals surface area contributed by atoms with E-state index in [0.29, 0.717) is 12.3 Å². The maximum atomic E-state index is 13.5. The van der Waals surface area contributed by atoms with E-state index < -0.39 is 29.7 Å². The van der Waals surface area contributed by atoms with E-state index in [-0.39, 0.29) is 42.0 Å². The van der Waals surface area contributed by atoms with Crippen LogP contribution in [0, 0.1) is 35.5 Å². The first kappa shape index (κ1) is 21.6. The number of nitrogens with one attached hydrogen (secondary N) is 1. The van der Waals surface area contributed by atoms with Gasteiger partial charge in [0, 0.05) is 23.8 Å². The second-order valence-corrected chi connectivity index (χ2v) is 10.4. The third-order valence-corrected chi connectivity index (χ3v) is 8.06. The molecule has 2 heterocycles. The van der Waals surface area contributed by atoms with E-state index in [4.69, 9.17) is 4.74 Å². The van der Waals surface area contributed by atoms with Gasteiger partial charge in [0.05, 0.1) is 18.1 Å². The molecule has 4 aliphatic rings. The van der Waals surface area contributed by atoms with Crippen molar-refractivity contribution >= 4 is 11.9 Å². The first-order valence-electron chi connectivity index (χ1n) is 11.3. The summed E-state index contributed by atoms with van der Waals surface area (Å²) in [5.74, 6) is -1.24. The van der Waals surface area contributed by atoms with Crippen LogP contribution >= 0.6 is 0 Å². The van der Waals surface area contributed by atoms with Gasteiger partial charge in [-0.3, -0.25) is 9.59 Å². The molecule has 0 aromatic heterocycles. The van der Waals surface area contributed by atoms with Crippen LogP contribution in [0.15, 0.2) is 23.3 Å². The van der Waals surface area contributed by atoms with Gasteiger partial charge in [-0.1, -0.05) is 44.1 Å². The molecule has 0 radical (unpaired) electrons. The van der Waals surface area contributed by atoms with Crippen molar-refractivity contribution in [2.24, 2.45) is 35.5 Å². The van der Waals surface area contributed by atoms with E-state index in [9.17, 15) is 19.8 Å². The highest BCUT2D eigenvalue weighted by atomic mass is 16.6. The maximum absolute atomic E-state index is 13.5. The molecule has 0 aromatic carbocycles. The Labute approximate surface area is 178 Å². The van der Waals surface area contributed by atoms with Gasteiger partial charge >= 0.3 is 5.97 Å². The van der Waals surface area contributed by atoms with E-state index in [0.717, 1.165) is 12.0 Å². The summed E-state index contributed by atoms with van der Waals surface area (Å²) in [6, 6.07) is -0.0340. The molecule has 6 nitrogen and oxygen atoms in total. The number of hydrogen-bond donors (Lipinski definition) is 3. The van der Waals surface area contributed by atoms with Gasteiger partial charge in [-0.15, -0.1) is 0 Å². The van der Waals surface area contributed by atoms with Crippen LogP contribution in [-0.4, -0.2) is 45.9 Å². The molecule has 1 spiro atoms. The number of ether oxygens (including phenoxy) is 1. The third-order valence-electron chi connectivity index (χ3n) is 8.06. The molecule has 2 fully saturated rings. The lowest BCUT2D eigenvalue weighted by Gasteiger charge is -2.53. The van der Waals surface area contributed by atoms with Crippen LogP contribution in [0.3, 0.4) is 0 Å². The fraction of sp³-hybridized carbons (Fsp3) is 0.750. The Kier molecular flexibility index (Phi) is 5.38. The molecule has 9 atom stereocenters. The zero-order chi connectivity index (χ0) is 22.0. The Morgan fingerprint density at radius 1 is 1.20 bits per heavy atom. The molecule has 0 bridgehead atoms. The van der Waals surface area contributed by atoms with Crippen LogP contribution in [-0.2, 0) is 14.3 Å². The molecule has 4 rings (SSSR count). The van der Waals surface area contributed by atoms with E-state index in [1.165, 1.54) is 5.57 Å². The van der Waals surface area contributed by atoms with Gasteiger partial charge in [-0.05, 0) is 44.9 Å².